The van der Waals surface area contributed by atoms with Crippen LogP contribution in [0.2, 0.25) is 0 Å². The average molecular weight is 209 g/mol. The van der Waals surface area contributed by atoms with Gasteiger partial charge in [-0.1, -0.05) is 19.1 Å². The van der Waals surface area contributed by atoms with E-state index in [9.17, 15) is 0 Å². The normalized spacial score (nSPS) is 12.8. The Morgan fingerprint density at radius 1 is 1.43 bits per heavy atom. The van der Waals surface area contributed by atoms with E-state index in [2.05, 4.69) is 43.4 Å². The molecular formula is C12H19NS. The van der Waals surface area contributed by atoms with Gasteiger partial charge in [0.2, 0.25) is 0 Å². The Hall–Kier alpha value is -0.470. The Morgan fingerprint density at radius 3 is 2.86 bits per heavy atom. The first-order valence-corrected chi connectivity index (χ1v) is 6.16. The zero-order chi connectivity index (χ0) is 10.4. The van der Waals surface area contributed by atoms with E-state index in [4.69, 9.17) is 0 Å². The SMILES string of the molecule is CCCSc1cccc(C(C)NC)c1. The first kappa shape index (κ1) is 11.6. The van der Waals surface area contributed by atoms with Crippen LogP contribution in [-0.2, 0) is 0 Å². The van der Waals surface area contributed by atoms with Crippen molar-refractivity contribution in [1.29, 1.82) is 0 Å². The van der Waals surface area contributed by atoms with Crippen molar-refractivity contribution < 1.29 is 0 Å². The second-order valence-corrected chi connectivity index (χ2v) is 4.60. The third-order valence-corrected chi connectivity index (χ3v) is 3.46. The summed E-state index contributed by atoms with van der Waals surface area (Å²) in [5.41, 5.74) is 1.37. The van der Waals surface area contributed by atoms with Crippen molar-refractivity contribution in [3.63, 3.8) is 0 Å². The van der Waals surface area contributed by atoms with E-state index in [1.807, 2.05) is 18.8 Å². The van der Waals surface area contributed by atoms with Gasteiger partial charge in [0.1, 0.15) is 0 Å². The summed E-state index contributed by atoms with van der Waals surface area (Å²) in [5.74, 6) is 1.21. The molecule has 0 aromatic heterocycles. The lowest BCUT2D eigenvalue weighted by Gasteiger charge is -2.11. The van der Waals surface area contributed by atoms with Gasteiger partial charge in [-0.05, 0) is 43.8 Å². The van der Waals surface area contributed by atoms with Crippen molar-refractivity contribution in [2.75, 3.05) is 12.8 Å². The van der Waals surface area contributed by atoms with Gasteiger partial charge in [-0.25, -0.2) is 0 Å². The quantitative estimate of drug-likeness (QED) is 0.745. The Morgan fingerprint density at radius 2 is 2.21 bits per heavy atom. The first-order chi connectivity index (χ1) is 6.77. The third kappa shape index (κ3) is 3.35. The predicted molar refractivity (Wildman–Crippen MR) is 64.9 cm³/mol. The fraction of sp³-hybridized carbons (Fsp3) is 0.500. The summed E-state index contributed by atoms with van der Waals surface area (Å²) in [6.07, 6.45) is 1.23. The maximum Gasteiger partial charge on any atom is 0.0289 e. The van der Waals surface area contributed by atoms with Crippen molar-refractivity contribution in [3.8, 4) is 0 Å². The molecule has 0 saturated heterocycles. The van der Waals surface area contributed by atoms with Gasteiger partial charge in [-0.2, -0.15) is 0 Å². The van der Waals surface area contributed by atoms with Crippen molar-refractivity contribution >= 4 is 11.8 Å². The number of rotatable bonds is 5. The molecule has 0 amide bonds. The molecule has 0 bridgehead atoms. The second kappa shape index (κ2) is 6.10. The van der Waals surface area contributed by atoms with Crippen molar-refractivity contribution in [2.45, 2.75) is 31.2 Å². The van der Waals surface area contributed by atoms with Crippen LogP contribution >= 0.6 is 11.8 Å². The molecule has 0 radical (unpaired) electrons. The van der Waals surface area contributed by atoms with Crippen LogP contribution in [0.4, 0.5) is 0 Å². The van der Waals surface area contributed by atoms with Crippen LogP contribution in [0.5, 0.6) is 0 Å². The molecule has 1 rings (SSSR count). The number of hydrogen-bond acceptors (Lipinski definition) is 2. The molecule has 0 aliphatic carbocycles. The van der Waals surface area contributed by atoms with E-state index in [1.54, 1.807) is 0 Å². The van der Waals surface area contributed by atoms with Crippen LogP contribution in [0.3, 0.4) is 0 Å². The highest BCUT2D eigenvalue weighted by atomic mass is 32.2. The monoisotopic (exact) mass is 209 g/mol. The van der Waals surface area contributed by atoms with Crippen molar-refractivity contribution in [1.82, 2.24) is 5.32 Å². The summed E-state index contributed by atoms with van der Waals surface area (Å²) >= 11 is 1.93. The fourth-order valence-corrected chi connectivity index (χ4v) is 2.09. The summed E-state index contributed by atoms with van der Waals surface area (Å²) in [5, 5.41) is 3.26. The Labute approximate surface area is 91.3 Å². The van der Waals surface area contributed by atoms with Crippen LogP contribution < -0.4 is 5.32 Å². The van der Waals surface area contributed by atoms with E-state index in [0.29, 0.717) is 6.04 Å². The van der Waals surface area contributed by atoms with Crippen LogP contribution in [0.15, 0.2) is 29.2 Å². The summed E-state index contributed by atoms with van der Waals surface area (Å²) in [4.78, 5) is 1.38. The molecule has 0 aliphatic heterocycles. The largest absolute Gasteiger partial charge is 0.313 e. The second-order valence-electron chi connectivity index (χ2n) is 3.43. The van der Waals surface area contributed by atoms with Gasteiger partial charge >= 0.3 is 0 Å². The number of nitrogens with one attached hydrogen (secondary N) is 1. The summed E-state index contributed by atoms with van der Waals surface area (Å²) in [7, 11) is 2.00. The average Bonchev–Trinajstić information content (AvgIpc) is 2.25. The molecule has 1 aromatic rings. The van der Waals surface area contributed by atoms with E-state index in [0.717, 1.165) is 0 Å². The van der Waals surface area contributed by atoms with Crippen LogP contribution in [-0.4, -0.2) is 12.8 Å². The van der Waals surface area contributed by atoms with E-state index in [-0.39, 0.29) is 0 Å². The third-order valence-electron chi connectivity index (χ3n) is 2.26. The molecule has 1 unspecified atom stereocenters. The lowest BCUT2D eigenvalue weighted by molar-refractivity contribution is 0.651. The topological polar surface area (TPSA) is 12.0 Å². The van der Waals surface area contributed by atoms with Crippen molar-refractivity contribution in [2.24, 2.45) is 0 Å². The summed E-state index contributed by atoms with van der Waals surface area (Å²) < 4.78 is 0. The minimum Gasteiger partial charge on any atom is -0.313 e. The summed E-state index contributed by atoms with van der Waals surface area (Å²) in [6.45, 7) is 4.40. The molecule has 1 atom stereocenters. The standard InChI is InChI=1S/C12H19NS/c1-4-8-14-12-7-5-6-11(9-12)10(2)13-3/h5-7,9-10,13H,4,8H2,1-3H3. The number of thioether (sulfide) groups is 1. The molecule has 0 saturated carbocycles. The Kier molecular flexibility index (Phi) is 5.05. The molecule has 0 spiro atoms. The van der Waals surface area contributed by atoms with Gasteiger partial charge in [0.25, 0.3) is 0 Å². The zero-order valence-corrected chi connectivity index (χ0v) is 10.0. The van der Waals surface area contributed by atoms with Gasteiger partial charge in [0.05, 0.1) is 0 Å². The van der Waals surface area contributed by atoms with Gasteiger partial charge in [0.15, 0.2) is 0 Å². The van der Waals surface area contributed by atoms with Crippen LogP contribution in [0.25, 0.3) is 0 Å². The molecule has 2 heteroatoms. The highest BCUT2D eigenvalue weighted by Gasteiger charge is 2.02. The maximum absolute atomic E-state index is 3.26. The van der Waals surface area contributed by atoms with E-state index in [1.165, 1.54) is 22.6 Å². The van der Waals surface area contributed by atoms with Gasteiger partial charge < -0.3 is 5.32 Å². The number of hydrogen-bond donors (Lipinski definition) is 1. The molecular weight excluding hydrogens is 190 g/mol. The predicted octanol–water partition coefficient (Wildman–Crippen LogP) is 3.47. The first-order valence-electron chi connectivity index (χ1n) is 5.18. The zero-order valence-electron chi connectivity index (χ0n) is 9.21. The highest BCUT2D eigenvalue weighted by molar-refractivity contribution is 7.99. The molecule has 0 fully saturated rings. The minimum atomic E-state index is 0.442. The summed E-state index contributed by atoms with van der Waals surface area (Å²) in [6, 6.07) is 9.23. The Balaban J connectivity index is 2.68. The van der Waals surface area contributed by atoms with E-state index >= 15 is 0 Å². The molecule has 0 aliphatic rings. The molecule has 0 heterocycles. The minimum absolute atomic E-state index is 0.442. The highest BCUT2D eigenvalue weighted by Crippen LogP contribution is 2.22. The lowest BCUT2D eigenvalue weighted by atomic mass is 10.1. The van der Waals surface area contributed by atoms with Gasteiger partial charge in [0, 0.05) is 10.9 Å². The van der Waals surface area contributed by atoms with Gasteiger partial charge in [-0.15, -0.1) is 11.8 Å². The molecule has 1 N–H and O–H groups in total. The molecule has 1 aromatic carbocycles. The van der Waals surface area contributed by atoms with Crippen molar-refractivity contribution in [3.05, 3.63) is 29.8 Å². The van der Waals surface area contributed by atoms with Crippen LogP contribution in [0.1, 0.15) is 31.9 Å². The van der Waals surface area contributed by atoms with Crippen LogP contribution in [0, 0.1) is 0 Å². The van der Waals surface area contributed by atoms with Gasteiger partial charge in [-0.3, -0.25) is 0 Å². The Bertz CT molecular complexity index is 273. The fourth-order valence-electron chi connectivity index (χ4n) is 1.26. The lowest BCUT2D eigenvalue weighted by Crippen LogP contribution is -2.11. The number of benzene rings is 1. The molecule has 14 heavy (non-hydrogen) atoms. The molecule has 1 nitrogen and oxygen atoms in total. The van der Waals surface area contributed by atoms with E-state index < -0.39 is 0 Å². The smallest absolute Gasteiger partial charge is 0.0289 e. The molecule has 78 valence electrons. The maximum atomic E-state index is 3.26.